The lowest BCUT2D eigenvalue weighted by Crippen LogP contribution is -2.42. The van der Waals surface area contributed by atoms with E-state index in [1.807, 2.05) is 0 Å². The van der Waals surface area contributed by atoms with Gasteiger partial charge in [-0.2, -0.15) is 0 Å². The summed E-state index contributed by atoms with van der Waals surface area (Å²) in [4.78, 5) is 25.3. The number of carbonyl (C=O) groups is 2. The number of hydrogen-bond donors (Lipinski definition) is 1. The van der Waals surface area contributed by atoms with Gasteiger partial charge in [-0.1, -0.05) is 0 Å². The Morgan fingerprint density at radius 2 is 1.95 bits per heavy atom. The van der Waals surface area contributed by atoms with Gasteiger partial charge in [-0.25, -0.2) is 8.42 Å². The maximum atomic E-state index is 11.5. The number of aliphatic carboxylic acids is 1. The van der Waals surface area contributed by atoms with Crippen molar-refractivity contribution in [1.82, 2.24) is 9.80 Å². The van der Waals surface area contributed by atoms with Crippen molar-refractivity contribution in [2.75, 3.05) is 38.7 Å². The zero-order valence-electron chi connectivity index (χ0n) is 11.2. The molecule has 19 heavy (non-hydrogen) atoms. The van der Waals surface area contributed by atoms with Crippen molar-refractivity contribution in [1.29, 1.82) is 0 Å². The number of carboxylic acid groups (broad SMARTS) is 1. The Balaban J connectivity index is 2.62. The Bertz CT molecular complexity index is 446. The molecule has 1 rings (SSSR count). The zero-order chi connectivity index (χ0) is 14.6. The highest BCUT2D eigenvalue weighted by atomic mass is 32.2. The fraction of sp³-hybridized carbons (Fsp3) is 0.818. The predicted octanol–water partition coefficient (Wildman–Crippen LogP) is -0.962. The van der Waals surface area contributed by atoms with E-state index in [0.717, 1.165) is 0 Å². The van der Waals surface area contributed by atoms with Gasteiger partial charge in [-0.3, -0.25) is 14.5 Å². The third-order valence-corrected chi connectivity index (χ3v) is 4.93. The van der Waals surface area contributed by atoms with E-state index in [4.69, 9.17) is 5.11 Å². The Hall–Kier alpha value is -1.15. The van der Waals surface area contributed by atoms with Gasteiger partial charge < -0.3 is 10.0 Å². The van der Waals surface area contributed by atoms with Crippen LogP contribution in [-0.4, -0.2) is 79.9 Å². The van der Waals surface area contributed by atoms with Gasteiger partial charge in [0.05, 0.1) is 18.1 Å². The topological polar surface area (TPSA) is 95.0 Å². The smallest absolute Gasteiger partial charge is 0.317 e. The van der Waals surface area contributed by atoms with Crippen molar-refractivity contribution in [3.05, 3.63) is 0 Å². The number of amides is 1. The highest BCUT2D eigenvalue weighted by Crippen LogP contribution is 2.18. The lowest BCUT2D eigenvalue weighted by molar-refractivity contribution is -0.139. The molecule has 0 aromatic carbocycles. The molecule has 1 aliphatic rings. The summed E-state index contributed by atoms with van der Waals surface area (Å²) < 4.78 is 22.9. The summed E-state index contributed by atoms with van der Waals surface area (Å²) in [5, 5.41) is 8.86. The lowest BCUT2D eigenvalue weighted by atomic mass is 10.2. The van der Waals surface area contributed by atoms with Gasteiger partial charge in [0.2, 0.25) is 5.91 Å². The average Bonchev–Trinajstić information content (AvgIpc) is 2.63. The van der Waals surface area contributed by atoms with Crippen LogP contribution in [0.25, 0.3) is 0 Å². The molecule has 1 fully saturated rings. The normalized spacial score (nSPS) is 21.5. The minimum Gasteiger partial charge on any atom is -0.480 e. The molecule has 0 bridgehead atoms. The van der Waals surface area contributed by atoms with E-state index in [2.05, 4.69) is 0 Å². The standard InChI is InChI=1S/C11H20N2O5S/c1-12(2)10(14)3-5-13(7-11(15)16)9-4-6-19(17,18)8-9/h9H,3-8H2,1-2H3,(H,15,16). The van der Waals surface area contributed by atoms with Gasteiger partial charge in [0, 0.05) is 33.1 Å². The molecule has 8 heteroatoms. The van der Waals surface area contributed by atoms with Gasteiger partial charge >= 0.3 is 5.97 Å². The second-order valence-electron chi connectivity index (χ2n) is 4.96. The van der Waals surface area contributed by atoms with E-state index in [9.17, 15) is 18.0 Å². The quantitative estimate of drug-likeness (QED) is 0.677. The van der Waals surface area contributed by atoms with Crippen molar-refractivity contribution in [2.45, 2.75) is 18.9 Å². The molecule has 0 aromatic heterocycles. The van der Waals surface area contributed by atoms with E-state index in [-0.39, 0.29) is 43.0 Å². The second-order valence-corrected chi connectivity index (χ2v) is 7.19. The fourth-order valence-electron chi connectivity index (χ4n) is 2.09. The number of rotatable bonds is 6. The molecule has 1 heterocycles. The molecule has 1 N–H and O–H groups in total. The summed E-state index contributed by atoms with van der Waals surface area (Å²) in [6.45, 7) is 0.0321. The number of carboxylic acids is 1. The molecule has 1 atom stereocenters. The van der Waals surface area contributed by atoms with Crippen LogP contribution in [0, 0.1) is 0 Å². The highest BCUT2D eigenvalue weighted by molar-refractivity contribution is 7.91. The van der Waals surface area contributed by atoms with Gasteiger partial charge in [0.25, 0.3) is 0 Å². The maximum absolute atomic E-state index is 11.5. The number of sulfone groups is 1. The summed E-state index contributed by atoms with van der Waals surface area (Å²) in [5.74, 6) is -1.04. The van der Waals surface area contributed by atoms with Crippen LogP contribution in [0.1, 0.15) is 12.8 Å². The Kier molecular flexibility index (Phi) is 5.30. The van der Waals surface area contributed by atoms with Crippen molar-refractivity contribution >= 4 is 21.7 Å². The number of hydrogen-bond acceptors (Lipinski definition) is 5. The molecule has 0 aliphatic carbocycles. The molecule has 7 nitrogen and oxygen atoms in total. The van der Waals surface area contributed by atoms with Crippen LogP contribution in [-0.2, 0) is 19.4 Å². The van der Waals surface area contributed by atoms with Crippen LogP contribution in [0.15, 0.2) is 0 Å². The molecule has 1 unspecified atom stereocenters. The van der Waals surface area contributed by atoms with Crippen molar-refractivity contribution < 1.29 is 23.1 Å². The first-order chi connectivity index (χ1) is 8.71. The molecular formula is C11H20N2O5S. The van der Waals surface area contributed by atoms with Crippen LogP contribution in [0.3, 0.4) is 0 Å². The van der Waals surface area contributed by atoms with Crippen molar-refractivity contribution in [3.8, 4) is 0 Å². The predicted molar refractivity (Wildman–Crippen MR) is 69.6 cm³/mol. The molecule has 1 aliphatic heterocycles. The molecule has 0 saturated carbocycles. The van der Waals surface area contributed by atoms with Crippen LogP contribution >= 0.6 is 0 Å². The summed E-state index contributed by atoms with van der Waals surface area (Å²) in [5.41, 5.74) is 0. The Morgan fingerprint density at radius 1 is 1.32 bits per heavy atom. The van der Waals surface area contributed by atoms with E-state index in [0.29, 0.717) is 6.42 Å². The fourth-order valence-corrected chi connectivity index (χ4v) is 3.85. The summed E-state index contributed by atoms with van der Waals surface area (Å²) in [7, 11) is 0.197. The molecule has 1 saturated heterocycles. The molecule has 0 radical (unpaired) electrons. The van der Waals surface area contributed by atoms with Crippen LogP contribution in [0.5, 0.6) is 0 Å². The van der Waals surface area contributed by atoms with E-state index >= 15 is 0 Å². The molecule has 0 spiro atoms. The first-order valence-corrected chi connectivity index (χ1v) is 7.90. The second kappa shape index (κ2) is 6.33. The van der Waals surface area contributed by atoms with E-state index in [1.54, 1.807) is 19.0 Å². The first kappa shape index (κ1) is 15.9. The highest BCUT2D eigenvalue weighted by Gasteiger charge is 2.33. The average molecular weight is 292 g/mol. The van der Waals surface area contributed by atoms with Gasteiger partial charge in [0.15, 0.2) is 9.84 Å². The van der Waals surface area contributed by atoms with Crippen LogP contribution < -0.4 is 0 Å². The third-order valence-electron chi connectivity index (χ3n) is 3.17. The molecule has 0 aromatic rings. The number of carbonyl (C=O) groups excluding carboxylic acids is 1. The monoisotopic (exact) mass is 292 g/mol. The van der Waals surface area contributed by atoms with E-state index in [1.165, 1.54) is 4.90 Å². The lowest BCUT2D eigenvalue weighted by Gasteiger charge is -2.26. The summed E-state index contributed by atoms with van der Waals surface area (Å²) in [6, 6.07) is -0.295. The Labute approximate surface area is 113 Å². The molecule has 1 amide bonds. The van der Waals surface area contributed by atoms with Crippen molar-refractivity contribution in [3.63, 3.8) is 0 Å². The summed E-state index contributed by atoms with van der Waals surface area (Å²) in [6.07, 6.45) is 0.628. The van der Waals surface area contributed by atoms with Gasteiger partial charge in [0.1, 0.15) is 0 Å². The molecule has 110 valence electrons. The first-order valence-electron chi connectivity index (χ1n) is 6.07. The minimum absolute atomic E-state index is 0.0174. The summed E-state index contributed by atoms with van der Waals surface area (Å²) >= 11 is 0. The number of nitrogens with zero attached hydrogens (tertiary/aromatic N) is 2. The van der Waals surface area contributed by atoms with Crippen LogP contribution in [0.2, 0.25) is 0 Å². The largest absolute Gasteiger partial charge is 0.480 e. The minimum atomic E-state index is -3.06. The van der Waals surface area contributed by atoms with E-state index < -0.39 is 15.8 Å². The van der Waals surface area contributed by atoms with Gasteiger partial charge in [-0.05, 0) is 6.42 Å². The molecular weight excluding hydrogens is 272 g/mol. The van der Waals surface area contributed by atoms with Gasteiger partial charge in [-0.15, -0.1) is 0 Å². The van der Waals surface area contributed by atoms with Crippen LogP contribution in [0.4, 0.5) is 0 Å². The zero-order valence-corrected chi connectivity index (χ0v) is 12.0. The third kappa shape index (κ3) is 5.15. The SMILES string of the molecule is CN(C)C(=O)CCN(CC(=O)O)C1CCS(=O)(=O)C1. The van der Waals surface area contributed by atoms with Crippen molar-refractivity contribution in [2.24, 2.45) is 0 Å². The maximum Gasteiger partial charge on any atom is 0.317 e. The Morgan fingerprint density at radius 3 is 2.37 bits per heavy atom.